The molecule has 0 unspecified atom stereocenters. The first kappa shape index (κ1) is 27.8. The molecule has 0 aliphatic carbocycles. The summed E-state index contributed by atoms with van der Waals surface area (Å²) in [5.74, 6) is 1.26. The number of aromatic nitrogens is 1. The van der Waals surface area contributed by atoms with Crippen LogP contribution in [0.4, 0.5) is 17.2 Å². The van der Waals surface area contributed by atoms with E-state index < -0.39 is 0 Å². The Bertz CT molecular complexity index is 2270. The molecular weight excluding hydrogens is 556 g/mol. The Morgan fingerprint density at radius 3 is 1.61 bits per heavy atom. The summed E-state index contributed by atoms with van der Waals surface area (Å²) >= 11 is 0. The summed E-state index contributed by atoms with van der Waals surface area (Å²) in [6.07, 6.45) is 0. The molecule has 8 aromatic rings. The highest BCUT2D eigenvalue weighted by Gasteiger charge is 2.19. The van der Waals surface area contributed by atoms with Crippen LogP contribution in [-0.4, -0.2) is 4.98 Å². The molecule has 0 saturated carbocycles. The van der Waals surface area contributed by atoms with Gasteiger partial charge in [-0.05, 0) is 96.9 Å². The fourth-order valence-corrected chi connectivity index (χ4v) is 6.83. The molecule has 0 radical (unpaired) electrons. The van der Waals surface area contributed by atoms with Gasteiger partial charge in [-0.1, -0.05) is 141 Å². The van der Waals surface area contributed by atoms with Crippen LogP contribution in [0.2, 0.25) is 0 Å². The largest absolute Gasteiger partial charge is 0.295 e. The first-order chi connectivity index (χ1) is 22.7. The van der Waals surface area contributed by atoms with Crippen LogP contribution in [0, 0.1) is 0 Å². The molecule has 0 amide bonds. The lowest BCUT2D eigenvalue weighted by Crippen LogP contribution is -2.12. The maximum atomic E-state index is 5.07. The SMILES string of the molecule is CC(C)c1cccc(N(c2ccccc2)c2ccc(-c3c4ccccc4c(-c4cccc5ccccc45)c4ccccc34)cc2)n1. The van der Waals surface area contributed by atoms with Crippen LogP contribution in [0.15, 0.2) is 164 Å². The third-order valence-electron chi connectivity index (χ3n) is 9.00. The highest BCUT2D eigenvalue weighted by molar-refractivity contribution is 6.23. The lowest BCUT2D eigenvalue weighted by atomic mass is 9.85. The summed E-state index contributed by atoms with van der Waals surface area (Å²) < 4.78 is 0. The lowest BCUT2D eigenvalue weighted by Gasteiger charge is -2.25. The Labute approximate surface area is 270 Å². The highest BCUT2D eigenvalue weighted by Crippen LogP contribution is 2.45. The van der Waals surface area contributed by atoms with Crippen LogP contribution in [0.1, 0.15) is 25.5 Å². The van der Waals surface area contributed by atoms with E-state index in [1.165, 1.54) is 54.6 Å². The molecule has 0 saturated heterocycles. The average Bonchev–Trinajstić information content (AvgIpc) is 3.11. The van der Waals surface area contributed by atoms with Gasteiger partial charge in [-0.2, -0.15) is 0 Å². The van der Waals surface area contributed by atoms with Crippen LogP contribution >= 0.6 is 0 Å². The summed E-state index contributed by atoms with van der Waals surface area (Å²) in [5.41, 5.74) is 8.24. The first-order valence-electron chi connectivity index (χ1n) is 16.0. The van der Waals surface area contributed by atoms with Gasteiger partial charge < -0.3 is 0 Å². The molecule has 2 heteroatoms. The summed E-state index contributed by atoms with van der Waals surface area (Å²) in [6.45, 7) is 4.38. The molecule has 0 fully saturated rings. The second-order valence-corrected chi connectivity index (χ2v) is 12.2. The number of anilines is 3. The van der Waals surface area contributed by atoms with Crippen molar-refractivity contribution in [3.8, 4) is 22.3 Å². The zero-order chi connectivity index (χ0) is 31.0. The van der Waals surface area contributed by atoms with Gasteiger partial charge in [0.05, 0.1) is 0 Å². The Morgan fingerprint density at radius 1 is 0.435 bits per heavy atom. The molecule has 0 bridgehead atoms. The Kier molecular flexibility index (Phi) is 7.04. The van der Waals surface area contributed by atoms with E-state index in [9.17, 15) is 0 Å². The summed E-state index contributed by atoms with van der Waals surface area (Å²) in [7, 11) is 0. The maximum absolute atomic E-state index is 5.07. The van der Waals surface area contributed by atoms with E-state index >= 15 is 0 Å². The van der Waals surface area contributed by atoms with E-state index in [-0.39, 0.29) is 0 Å². The number of rotatable bonds is 6. The van der Waals surface area contributed by atoms with Crippen LogP contribution in [0.3, 0.4) is 0 Å². The minimum Gasteiger partial charge on any atom is -0.295 e. The van der Waals surface area contributed by atoms with Gasteiger partial charge in [-0.3, -0.25) is 4.90 Å². The fraction of sp³-hybridized carbons (Fsp3) is 0.0682. The number of pyridine rings is 1. The summed E-state index contributed by atoms with van der Waals surface area (Å²) in [4.78, 5) is 7.32. The molecule has 2 nitrogen and oxygen atoms in total. The van der Waals surface area contributed by atoms with E-state index in [0.29, 0.717) is 5.92 Å². The first-order valence-corrected chi connectivity index (χ1v) is 16.0. The number of para-hydroxylation sites is 1. The fourth-order valence-electron chi connectivity index (χ4n) is 6.83. The van der Waals surface area contributed by atoms with Crippen molar-refractivity contribution in [2.45, 2.75) is 19.8 Å². The van der Waals surface area contributed by atoms with Gasteiger partial charge in [-0.15, -0.1) is 0 Å². The van der Waals surface area contributed by atoms with E-state index in [1.807, 2.05) is 0 Å². The normalized spacial score (nSPS) is 11.5. The van der Waals surface area contributed by atoms with E-state index in [1.54, 1.807) is 0 Å². The number of benzene rings is 7. The van der Waals surface area contributed by atoms with E-state index in [4.69, 9.17) is 4.98 Å². The molecule has 46 heavy (non-hydrogen) atoms. The Hall–Kier alpha value is -5.73. The molecule has 1 heterocycles. The van der Waals surface area contributed by atoms with Gasteiger partial charge in [0.15, 0.2) is 0 Å². The zero-order valence-electron chi connectivity index (χ0n) is 26.1. The van der Waals surface area contributed by atoms with Crippen molar-refractivity contribution < 1.29 is 0 Å². The van der Waals surface area contributed by atoms with Crippen molar-refractivity contribution in [3.05, 3.63) is 169 Å². The molecule has 0 atom stereocenters. The smallest absolute Gasteiger partial charge is 0.137 e. The molecule has 0 spiro atoms. The van der Waals surface area contributed by atoms with Crippen LogP contribution in [0.25, 0.3) is 54.6 Å². The number of nitrogens with zero attached hydrogens (tertiary/aromatic N) is 2. The minimum atomic E-state index is 0.346. The van der Waals surface area contributed by atoms with Gasteiger partial charge >= 0.3 is 0 Å². The number of hydrogen-bond donors (Lipinski definition) is 0. The molecule has 0 aliphatic heterocycles. The number of fused-ring (bicyclic) bond motifs is 3. The van der Waals surface area contributed by atoms with Crippen molar-refractivity contribution in [1.82, 2.24) is 4.98 Å². The van der Waals surface area contributed by atoms with Gasteiger partial charge in [0.2, 0.25) is 0 Å². The van der Waals surface area contributed by atoms with Crippen molar-refractivity contribution in [3.63, 3.8) is 0 Å². The van der Waals surface area contributed by atoms with Gasteiger partial charge in [-0.25, -0.2) is 4.98 Å². The lowest BCUT2D eigenvalue weighted by molar-refractivity contribution is 0.822. The van der Waals surface area contributed by atoms with Crippen LogP contribution in [-0.2, 0) is 0 Å². The van der Waals surface area contributed by atoms with Gasteiger partial charge in [0, 0.05) is 17.1 Å². The maximum Gasteiger partial charge on any atom is 0.137 e. The summed E-state index contributed by atoms with van der Waals surface area (Å²) in [5, 5.41) is 7.55. The standard InChI is InChI=1S/C44H34N2/c1-30(2)41-24-13-25-42(45-41)46(33-16-4-3-5-17-33)34-28-26-32(27-29-34)43-37-19-8-10-21-39(37)44(40-22-11-9-20-38(40)43)36-23-12-15-31-14-6-7-18-35(31)36/h3-30H,1-2H3. The Morgan fingerprint density at radius 2 is 0.957 bits per heavy atom. The molecule has 1 aromatic heterocycles. The van der Waals surface area contributed by atoms with Crippen molar-refractivity contribution >= 4 is 49.5 Å². The molecule has 7 aromatic carbocycles. The molecular formula is C44H34N2. The van der Waals surface area contributed by atoms with Crippen LogP contribution < -0.4 is 4.90 Å². The van der Waals surface area contributed by atoms with E-state index in [0.717, 1.165) is 22.9 Å². The van der Waals surface area contributed by atoms with E-state index in [2.05, 4.69) is 183 Å². The third-order valence-corrected chi connectivity index (χ3v) is 9.00. The second-order valence-electron chi connectivity index (χ2n) is 12.2. The minimum absolute atomic E-state index is 0.346. The topological polar surface area (TPSA) is 16.1 Å². The highest BCUT2D eigenvalue weighted by atomic mass is 15.2. The van der Waals surface area contributed by atoms with Gasteiger partial charge in [0.25, 0.3) is 0 Å². The second kappa shape index (κ2) is 11.6. The zero-order valence-corrected chi connectivity index (χ0v) is 26.1. The molecule has 0 aliphatic rings. The predicted molar refractivity (Wildman–Crippen MR) is 196 cm³/mol. The number of hydrogen-bond acceptors (Lipinski definition) is 2. The van der Waals surface area contributed by atoms with Crippen molar-refractivity contribution in [2.24, 2.45) is 0 Å². The molecule has 220 valence electrons. The van der Waals surface area contributed by atoms with Gasteiger partial charge in [0.1, 0.15) is 5.82 Å². The Balaban J connectivity index is 1.33. The molecule has 8 rings (SSSR count). The van der Waals surface area contributed by atoms with Crippen LogP contribution in [0.5, 0.6) is 0 Å². The van der Waals surface area contributed by atoms with Crippen molar-refractivity contribution in [2.75, 3.05) is 4.90 Å². The predicted octanol–water partition coefficient (Wildman–Crippen LogP) is 12.5. The molecule has 0 N–H and O–H groups in total. The average molecular weight is 591 g/mol. The quantitative estimate of drug-likeness (QED) is 0.179. The monoisotopic (exact) mass is 590 g/mol. The summed E-state index contributed by atoms with van der Waals surface area (Å²) in [6, 6.07) is 58.9. The van der Waals surface area contributed by atoms with Crippen molar-refractivity contribution in [1.29, 1.82) is 0 Å². The third kappa shape index (κ3) is 4.80.